The molecule has 0 aliphatic carbocycles. The van der Waals surface area contributed by atoms with E-state index in [2.05, 4.69) is 24.3 Å². The zero-order valence-electron chi connectivity index (χ0n) is 10.6. The van der Waals surface area contributed by atoms with E-state index in [0.29, 0.717) is 17.7 Å². The molecule has 1 N–H and O–H groups in total. The van der Waals surface area contributed by atoms with Crippen molar-refractivity contribution in [2.75, 3.05) is 18.8 Å². The van der Waals surface area contributed by atoms with Gasteiger partial charge in [-0.25, -0.2) is 0 Å². The molecule has 1 saturated heterocycles. The van der Waals surface area contributed by atoms with Gasteiger partial charge >= 0.3 is 0 Å². The van der Waals surface area contributed by atoms with Gasteiger partial charge in [-0.3, -0.25) is 8.89 Å². The van der Waals surface area contributed by atoms with E-state index in [-0.39, 0.29) is 0 Å². The average molecular weight is 255 g/mol. The summed E-state index contributed by atoms with van der Waals surface area (Å²) in [5, 5.41) is 7.68. The lowest BCUT2D eigenvalue weighted by atomic mass is 10.1. The number of nitrogens with zero attached hydrogens (tertiary/aromatic N) is 2. The van der Waals surface area contributed by atoms with Crippen molar-refractivity contribution in [2.45, 2.75) is 32.1 Å². The van der Waals surface area contributed by atoms with Crippen LogP contribution >= 0.6 is 0 Å². The Morgan fingerprint density at radius 1 is 1.65 bits per heavy atom. The van der Waals surface area contributed by atoms with Crippen molar-refractivity contribution >= 4 is 10.8 Å². The third-order valence-electron chi connectivity index (χ3n) is 3.30. The molecule has 2 atom stereocenters. The molecule has 2 heterocycles. The predicted molar refractivity (Wildman–Crippen MR) is 70.3 cm³/mol. The van der Waals surface area contributed by atoms with Gasteiger partial charge in [-0.15, -0.1) is 0 Å². The first-order valence-electron chi connectivity index (χ1n) is 6.28. The summed E-state index contributed by atoms with van der Waals surface area (Å²) in [7, 11) is -0.767. The second kappa shape index (κ2) is 5.78. The van der Waals surface area contributed by atoms with Crippen molar-refractivity contribution in [3.05, 3.63) is 18.0 Å². The van der Waals surface area contributed by atoms with Crippen molar-refractivity contribution in [3.63, 3.8) is 0 Å². The quantitative estimate of drug-likeness (QED) is 0.834. The zero-order chi connectivity index (χ0) is 12.3. The minimum absolute atomic E-state index is 0.424. The van der Waals surface area contributed by atoms with Gasteiger partial charge in [0.25, 0.3) is 0 Å². The first-order chi connectivity index (χ1) is 8.19. The lowest BCUT2D eigenvalue weighted by Gasteiger charge is -2.26. The van der Waals surface area contributed by atoms with Crippen LogP contribution in [0.25, 0.3) is 0 Å². The molecule has 0 aromatic carbocycles. The molecule has 0 spiro atoms. The van der Waals surface area contributed by atoms with Crippen LogP contribution in [0.5, 0.6) is 0 Å². The van der Waals surface area contributed by atoms with Gasteiger partial charge in [0.05, 0.1) is 11.4 Å². The highest BCUT2D eigenvalue weighted by atomic mass is 32.2. The second-order valence-electron chi connectivity index (χ2n) is 4.82. The molecule has 96 valence electrons. The van der Waals surface area contributed by atoms with E-state index in [4.69, 9.17) is 0 Å². The Labute approximate surface area is 105 Å². The fourth-order valence-electron chi connectivity index (χ4n) is 1.84. The molecule has 1 aliphatic rings. The van der Waals surface area contributed by atoms with Gasteiger partial charge in [0.2, 0.25) is 0 Å². The van der Waals surface area contributed by atoms with Gasteiger partial charge in [-0.05, 0) is 25.3 Å². The summed E-state index contributed by atoms with van der Waals surface area (Å²) in [5.74, 6) is 2.01. The molecule has 2 rings (SSSR count). The maximum absolute atomic E-state index is 11.9. The molecular weight excluding hydrogens is 234 g/mol. The van der Waals surface area contributed by atoms with Crippen molar-refractivity contribution in [3.8, 4) is 0 Å². The molecule has 0 bridgehead atoms. The van der Waals surface area contributed by atoms with E-state index in [9.17, 15) is 4.21 Å². The monoisotopic (exact) mass is 255 g/mol. The van der Waals surface area contributed by atoms with Crippen LogP contribution in [0.15, 0.2) is 12.3 Å². The highest BCUT2D eigenvalue weighted by Crippen LogP contribution is 2.12. The van der Waals surface area contributed by atoms with Crippen LogP contribution in [0.1, 0.15) is 32.0 Å². The summed E-state index contributed by atoms with van der Waals surface area (Å²) in [6, 6.07) is 2.41. The van der Waals surface area contributed by atoms with Crippen LogP contribution in [0, 0.1) is 5.92 Å². The van der Waals surface area contributed by atoms with Crippen molar-refractivity contribution < 1.29 is 4.21 Å². The molecule has 0 saturated carbocycles. The number of nitrogens with one attached hydrogen (secondary N) is 1. The minimum atomic E-state index is -0.767. The molecule has 5 heteroatoms. The molecule has 1 aromatic rings. The Morgan fingerprint density at radius 2 is 2.41 bits per heavy atom. The van der Waals surface area contributed by atoms with Crippen molar-refractivity contribution in [2.24, 2.45) is 5.92 Å². The van der Waals surface area contributed by atoms with Gasteiger partial charge in [0, 0.05) is 41.9 Å². The fourth-order valence-corrected chi connectivity index (χ4v) is 3.20. The Bertz CT molecular complexity index is 387. The highest BCUT2D eigenvalue weighted by Gasteiger charge is 2.19. The van der Waals surface area contributed by atoms with E-state index >= 15 is 0 Å². The first kappa shape index (κ1) is 12.8. The average Bonchev–Trinajstić information content (AvgIpc) is 2.71. The zero-order valence-corrected chi connectivity index (χ0v) is 11.4. The van der Waals surface area contributed by atoms with Gasteiger partial charge in [-0.1, -0.05) is 6.92 Å². The number of hydrogen-bond donors (Lipinski definition) is 1. The van der Waals surface area contributed by atoms with E-state index < -0.39 is 10.8 Å². The standard InChI is InChI=1S/C12H21N3OS/c1-3-10(2)15-5-4-12(14-15)9-17(16)8-11-6-13-7-11/h4-5,10-11,13H,3,6-9H2,1-2H3. The Hall–Kier alpha value is -0.680. The summed E-state index contributed by atoms with van der Waals surface area (Å²) in [5.41, 5.74) is 0.955. The summed E-state index contributed by atoms with van der Waals surface area (Å²) >= 11 is 0. The second-order valence-corrected chi connectivity index (χ2v) is 6.32. The first-order valence-corrected chi connectivity index (χ1v) is 7.77. The summed E-state index contributed by atoms with van der Waals surface area (Å²) < 4.78 is 13.9. The molecule has 0 amide bonds. The maximum atomic E-state index is 11.9. The lowest BCUT2D eigenvalue weighted by Crippen LogP contribution is -2.44. The Balaban J connectivity index is 1.85. The van der Waals surface area contributed by atoms with Gasteiger partial charge in [0.1, 0.15) is 0 Å². The largest absolute Gasteiger partial charge is 0.316 e. The Morgan fingerprint density at radius 3 is 3.00 bits per heavy atom. The maximum Gasteiger partial charge on any atom is 0.0749 e. The summed E-state index contributed by atoms with van der Waals surface area (Å²) in [4.78, 5) is 0. The minimum Gasteiger partial charge on any atom is -0.316 e. The summed E-state index contributed by atoms with van der Waals surface area (Å²) in [6.45, 7) is 6.33. The molecule has 1 fully saturated rings. The molecule has 17 heavy (non-hydrogen) atoms. The molecule has 4 nitrogen and oxygen atoms in total. The molecular formula is C12H21N3OS. The normalized spacial score (nSPS) is 19.9. The van der Waals surface area contributed by atoms with E-state index in [1.807, 2.05) is 16.9 Å². The van der Waals surface area contributed by atoms with Crippen molar-refractivity contribution in [1.82, 2.24) is 15.1 Å². The van der Waals surface area contributed by atoms with Gasteiger partial charge in [0.15, 0.2) is 0 Å². The van der Waals surface area contributed by atoms with Crippen LogP contribution in [-0.2, 0) is 16.6 Å². The van der Waals surface area contributed by atoms with Crippen LogP contribution < -0.4 is 5.32 Å². The van der Waals surface area contributed by atoms with E-state index in [0.717, 1.165) is 31.0 Å². The summed E-state index contributed by atoms with van der Waals surface area (Å²) in [6.07, 6.45) is 3.06. The smallest absolute Gasteiger partial charge is 0.0749 e. The molecule has 1 aromatic heterocycles. The van der Waals surface area contributed by atoms with Gasteiger partial charge in [-0.2, -0.15) is 5.10 Å². The van der Waals surface area contributed by atoms with Crippen molar-refractivity contribution in [1.29, 1.82) is 0 Å². The van der Waals surface area contributed by atoms with Crippen LogP contribution in [0.2, 0.25) is 0 Å². The third kappa shape index (κ3) is 3.39. The Kier molecular flexibility index (Phi) is 4.34. The predicted octanol–water partition coefficient (Wildman–Crippen LogP) is 1.32. The molecule has 2 unspecified atom stereocenters. The molecule has 0 radical (unpaired) electrons. The van der Waals surface area contributed by atoms with Crippen LogP contribution in [0.3, 0.4) is 0 Å². The van der Waals surface area contributed by atoms with Crippen LogP contribution in [0.4, 0.5) is 0 Å². The number of hydrogen-bond acceptors (Lipinski definition) is 3. The number of rotatable bonds is 6. The topological polar surface area (TPSA) is 46.9 Å². The number of aromatic nitrogens is 2. The van der Waals surface area contributed by atoms with Gasteiger partial charge < -0.3 is 5.32 Å². The molecule has 1 aliphatic heterocycles. The lowest BCUT2D eigenvalue weighted by molar-refractivity contribution is 0.382. The van der Waals surface area contributed by atoms with E-state index in [1.54, 1.807) is 0 Å². The van der Waals surface area contributed by atoms with E-state index in [1.165, 1.54) is 0 Å². The highest BCUT2D eigenvalue weighted by molar-refractivity contribution is 7.84. The third-order valence-corrected chi connectivity index (χ3v) is 4.76. The fraction of sp³-hybridized carbons (Fsp3) is 0.750. The van der Waals surface area contributed by atoms with Crippen LogP contribution in [-0.4, -0.2) is 32.8 Å². The SMILES string of the molecule is CCC(C)n1ccc(CS(=O)CC2CNC2)n1.